The van der Waals surface area contributed by atoms with E-state index in [1.165, 1.54) is 12.1 Å². The van der Waals surface area contributed by atoms with Crippen molar-refractivity contribution >= 4 is 22.6 Å². The molecule has 4 aromatic rings. The van der Waals surface area contributed by atoms with E-state index >= 15 is 0 Å². The van der Waals surface area contributed by atoms with Gasteiger partial charge in [0, 0.05) is 17.1 Å². The van der Waals surface area contributed by atoms with Crippen molar-refractivity contribution < 1.29 is 18.4 Å². The highest BCUT2D eigenvalue weighted by molar-refractivity contribution is 5.94. The minimum absolute atomic E-state index is 0.109. The van der Waals surface area contributed by atoms with Gasteiger partial charge in [-0.15, -0.1) is 0 Å². The van der Waals surface area contributed by atoms with Crippen molar-refractivity contribution in [3.8, 4) is 5.75 Å². The van der Waals surface area contributed by atoms with Crippen molar-refractivity contribution in [1.82, 2.24) is 5.16 Å². The predicted octanol–water partition coefficient (Wildman–Crippen LogP) is 4.73. The minimum Gasteiger partial charge on any atom is -0.489 e. The monoisotopic (exact) mass is 376 g/mol. The maximum Gasteiger partial charge on any atom is 0.230 e. The summed E-state index contributed by atoms with van der Waals surface area (Å²) in [5.41, 5.74) is 2.72. The molecule has 1 amide bonds. The van der Waals surface area contributed by atoms with Crippen LogP contribution in [-0.4, -0.2) is 11.1 Å². The average molecular weight is 376 g/mol. The van der Waals surface area contributed by atoms with Crippen LogP contribution in [0.2, 0.25) is 0 Å². The first-order valence-corrected chi connectivity index (χ1v) is 8.78. The van der Waals surface area contributed by atoms with Crippen LogP contribution in [0.25, 0.3) is 11.0 Å². The summed E-state index contributed by atoms with van der Waals surface area (Å²) in [6.07, 6.45) is 0.109. The summed E-state index contributed by atoms with van der Waals surface area (Å²) in [4.78, 5) is 12.4. The lowest BCUT2D eigenvalue weighted by Gasteiger charge is -2.09. The Bertz CT molecular complexity index is 1110. The molecule has 140 valence electrons. The van der Waals surface area contributed by atoms with E-state index in [1.807, 2.05) is 24.3 Å². The molecule has 1 heterocycles. The number of nitrogens with zero attached hydrogens (tertiary/aromatic N) is 1. The van der Waals surface area contributed by atoms with Crippen molar-refractivity contribution in [1.29, 1.82) is 0 Å². The third kappa shape index (κ3) is 4.17. The second kappa shape index (κ2) is 7.92. The lowest BCUT2D eigenvalue weighted by atomic mass is 10.1. The molecular weight excluding hydrogens is 359 g/mol. The normalized spacial score (nSPS) is 10.8. The molecule has 0 aliphatic carbocycles. The fraction of sp³-hybridized carbons (Fsp3) is 0.0909. The van der Waals surface area contributed by atoms with Gasteiger partial charge in [-0.05, 0) is 42.0 Å². The molecule has 0 spiro atoms. The van der Waals surface area contributed by atoms with E-state index in [2.05, 4.69) is 10.5 Å². The molecular formula is C22H17FN2O3. The van der Waals surface area contributed by atoms with Gasteiger partial charge in [0.25, 0.3) is 0 Å². The van der Waals surface area contributed by atoms with Crippen molar-refractivity contribution in [3.05, 3.63) is 89.9 Å². The number of amides is 1. The zero-order valence-corrected chi connectivity index (χ0v) is 14.9. The molecule has 0 fully saturated rings. The van der Waals surface area contributed by atoms with Crippen molar-refractivity contribution in [2.75, 3.05) is 5.32 Å². The molecule has 0 saturated carbocycles. The Kier molecular flexibility index (Phi) is 5.01. The first-order valence-electron chi connectivity index (χ1n) is 8.78. The van der Waals surface area contributed by atoms with Crippen molar-refractivity contribution in [3.63, 3.8) is 0 Å². The molecule has 1 aromatic heterocycles. The topological polar surface area (TPSA) is 64.4 Å². The summed E-state index contributed by atoms with van der Waals surface area (Å²) in [7, 11) is 0. The van der Waals surface area contributed by atoms with Gasteiger partial charge in [0.2, 0.25) is 5.91 Å². The van der Waals surface area contributed by atoms with Crippen LogP contribution in [0.5, 0.6) is 5.75 Å². The second-order valence-corrected chi connectivity index (χ2v) is 6.29. The lowest BCUT2D eigenvalue weighted by molar-refractivity contribution is -0.115. The van der Waals surface area contributed by atoms with Gasteiger partial charge < -0.3 is 14.6 Å². The number of anilines is 1. The molecule has 3 aromatic carbocycles. The van der Waals surface area contributed by atoms with Gasteiger partial charge in [-0.2, -0.15) is 0 Å². The van der Waals surface area contributed by atoms with Crippen LogP contribution in [0.1, 0.15) is 11.3 Å². The molecule has 4 rings (SSSR count). The maximum absolute atomic E-state index is 13.0. The van der Waals surface area contributed by atoms with Crippen molar-refractivity contribution in [2.45, 2.75) is 13.0 Å². The largest absolute Gasteiger partial charge is 0.489 e. The van der Waals surface area contributed by atoms with Gasteiger partial charge in [0.05, 0.1) is 6.42 Å². The van der Waals surface area contributed by atoms with E-state index in [0.29, 0.717) is 29.3 Å². The Morgan fingerprint density at radius 1 is 1.04 bits per heavy atom. The molecule has 0 unspecified atom stereocenters. The van der Waals surface area contributed by atoms with Gasteiger partial charge in [0.1, 0.15) is 23.9 Å². The zero-order chi connectivity index (χ0) is 19.3. The quantitative estimate of drug-likeness (QED) is 0.528. The number of para-hydroxylation sites is 1. The van der Waals surface area contributed by atoms with E-state index in [4.69, 9.17) is 9.26 Å². The average Bonchev–Trinajstić information content (AvgIpc) is 3.11. The number of fused-ring (bicyclic) bond motifs is 1. The lowest BCUT2D eigenvalue weighted by Crippen LogP contribution is -2.14. The van der Waals surface area contributed by atoms with Gasteiger partial charge in [-0.3, -0.25) is 4.79 Å². The number of hydrogen-bond donors (Lipinski definition) is 1. The van der Waals surface area contributed by atoms with Crippen LogP contribution < -0.4 is 10.1 Å². The van der Waals surface area contributed by atoms with Crippen LogP contribution in [-0.2, 0) is 17.8 Å². The van der Waals surface area contributed by atoms with E-state index in [-0.39, 0.29) is 18.1 Å². The Morgan fingerprint density at radius 2 is 1.86 bits per heavy atom. The zero-order valence-electron chi connectivity index (χ0n) is 14.9. The van der Waals surface area contributed by atoms with Crippen LogP contribution in [0.3, 0.4) is 0 Å². The molecule has 1 N–H and O–H groups in total. The third-order valence-corrected chi connectivity index (χ3v) is 4.22. The molecule has 0 aliphatic heterocycles. The molecule has 0 bridgehead atoms. The van der Waals surface area contributed by atoms with E-state index in [0.717, 1.165) is 10.9 Å². The van der Waals surface area contributed by atoms with Crippen LogP contribution >= 0.6 is 0 Å². The fourth-order valence-corrected chi connectivity index (χ4v) is 2.83. The smallest absolute Gasteiger partial charge is 0.230 e. The molecule has 0 atom stereocenters. The number of hydrogen-bond acceptors (Lipinski definition) is 4. The Balaban J connectivity index is 1.38. The highest BCUT2D eigenvalue weighted by atomic mass is 19.1. The van der Waals surface area contributed by atoms with E-state index in [9.17, 15) is 9.18 Å². The number of carbonyl (C=O) groups is 1. The Morgan fingerprint density at radius 3 is 2.71 bits per heavy atom. The van der Waals surface area contributed by atoms with Crippen LogP contribution in [0.15, 0.2) is 77.3 Å². The maximum atomic E-state index is 13.0. The first-order chi connectivity index (χ1) is 13.7. The molecule has 0 aliphatic rings. The van der Waals surface area contributed by atoms with Crippen LogP contribution in [0.4, 0.5) is 10.1 Å². The van der Waals surface area contributed by atoms with E-state index < -0.39 is 0 Å². The molecule has 5 nitrogen and oxygen atoms in total. The number of carbonyl (C=O) groups excluding carboxylic acids is 1. The number of benzene rings is 3. The van der Waals surface area contributed by atoms with Gasteiger partial charge in [0.15, 0.2) is 5.58 Å². The minimum atomic E-state index is -0.284. The number of ether oxygens (including phenoxy) is 1. The standard InChI is InChI=1S/C22H17FN2O3/c23-16-10-8-15(9-11-16)14-27-18-5-3-4-17(12-18)24-22(26)13-20-19-6-1-2-7-21(19)28-25-20/h1-12H,13-14H2,(H,24,26). The van der Waals surface area contributed by atoms with Gasteiger partial charge >= 0.3 is 0 Å². The number of halogens is 1. The molecule has 6 heteroatoms. The molecule has 28 heavy (non-hydrogen) atoms. The molecule has 0 radical (unpaired) electrons. The van der Waals surface area contributed by atoms with Crippen molar-refractivity contribution in [2.24, 2.45) is 0 Å². The highest BCUT2D eigenvalue weighted by Crippen LogP contribution is 2.21. The summed E-state index contributed by atoms with van der Waals surface area (Å²) in [5, 5.41) is 7.64. The van der Waals surface area contributed by atoms with E-state index in [1.54, 1.807) is 36.4 Å². The third-order valence-electron chi connectivity index (χ3n) is 4.22. The Hall–Kier alpha value is -3.67. The number of aromatic nitrogens is 1. The highest BCUT2D eigenvalue weighted by Gasteiger charge is 2.12. The Labute approximate surface area is 160 Å². The predicted molar refractivity (Wildman–Crippen MR) is 104 cm³/mol. The summed E-state index contributed by atoms with van der Waals surface area (Å²) < 4.78 is 23.9. The summed E-state index contributed by atoms with van der Waals surface area (Å²) in [6, 6.07) is 20.7. The second-order valence-electron chi connectivity index (χ2n) is 6.29. The van der Waals surface area contributed by atoms with Gasteiger partial charge in [-0.25, -0.2) is 4.39 Å². The van der Waals surface area contributed by atoms with Gasteiger partial charge in [-0.1, -0.05) is 35.5 Å². The van der Waals surface area contributed by atoms with Crippen LogP contribution in [0, 0.1) is 5.82 Å². The summed E-state index contributed by atoms with van der Waals surface area (Å²) in [5.74, 6) is 0.122. The number of nitrogens with one attached hydrogen (secondary N) is 1. The molecule has 0 saturated heterocycles. The SMILES string of the molecule is O=C(Cc1noc2ccccc12)Nc1cccc(OCc2ccc(F)cc2)c1. The fourth-order valence-electron chi connectivity index (χ4n) is 2.83. The first kappa shape index (κ1) is 17.7. The summed E-state index contributed by atoms with van der Waals surface area (Å²) in [6.45, 7) is 0.308. The number of rotatable bonds is 6. The summed E-state index contributed by atoms with van der Waals surface area (Å²) >= 11 is 0.